The highest BCUT2D eigenvalue weighted by molar-refractivity contribution is 5.98. The number of amides is 1. The molecule has 7 nitrogen and oxygen atoms in total. The van der Waals surface area contributed by atoms with E-state index in [-0.39, 0.29) is 22.9 Å². The second-order valence-corrected chi connectivity index (χ2v) is 5.02. The summed E-state index contributed by atoms with van der Waals surface area (Å²) in [6, 6.07) is 4.34. The van der Waals surface area contributed by atoms with Gasteiger partial charge in [-0.3, -0.25) is 14.9 Å². The van der Waals surface area contributed by atoms with Gasteiger partial charge in [-0.15, -0.1) is 0 Å². The molecule has 1 fully saturated rings. The van der Waals surface area contributed by atoms with Crippen LogP contribution in [0.2, 0.25) is 0 Å². The molecule has 0 aromatic heterocycles. The van der Waals surface area contributed by atoms with Crippen molar-refractivity contribution < 1.29 is 14.5 Å². The summed E-state index contributed by atoms with van der Waals surface area (Å²) in [5, 5.41) is 17.1. The van der Waals surface area contributed by atoms with Crippen LogP contribution in [0.5, 0.6) is 5.75 Å². The summed E-state index contributed by atoms with van der Waals surface area (Å²) in [5.41, 5.74) is -0.00680. The van der Waals surface area contributed by atoms with Crippen LogP contribution in [0.3, 0.4) is 0 Å². The van der Waals surface area contributed by atoms with Gasteiger partial charge < -0.3 is 15.4 Å². The van der Waals surface area contributed by atoms with Crippen molar-refractivity contribution in [1.82, 2.24) is 10.6 Å². The smallest absolute Gasteiger partial charge is 0.311 e. The largest absolute Gasteiger partial charge is 0.490 e. The zero-order chi connectivity index (χ0) is 15.2. The number of benzene rings is 1. The predicted octanol–water partition coefficient (Wildman–Crippen LogP) is 1.33. The maximum absolute atomic E-state index is 12.2. The van der Waals surface area contributed by atoms with Crippen LogP contribution < -0.4 is 15.4 Å². The van der Waals surface area contributed by atoms with Gasteiger partial charge in [-0.05, 0) is 37.9 Å². The van der Waals surface area contributed by atoms with Gasteiger partial charge in [0, 0.05) is 12.6 Å². The summed E-state index contributed by atoms with van der Waals surface area (Å²) in [5.74, 6) is 0.110. The van der Waals surface area contributed by atoms with Crippen molar-refractivity contribution in [2.75, 3.05) is 26.7 Å². The first-order valence-corrected chi connectivity index (χ1v) is 6.93. The Labute approximate surface area is 122 Å². The molecular formula is C14H19N3O4. The summed E-state index contributed by atoms with van der Waals surface area (Å²) in [6.07, 6.45) is 2.04. The average Bonchev–Trinajstić information content (AvgIpc) is 2.52. The van der Waals surface area contributed by atoms with Gasteiger partial charge in [0.1, 0.15) is 0 Å². The molecular weight excluding hydrogens is 274 g/mol. The fourth-order valence-corrected chi connectivity index (χ4v) is 2.48. The third-order valence-corrected chi connectivity index (χ3v) is 3.65. The van der Waals surface area contributed by atoms with E-state index in [1.54, 1.807) is 0 Å². The Balaban J connectivity index is 2.07. The number of ether oxygens (including phenoxy) is 1. The number of hydrogen-bond donors (Lipinski definition) is 2. The molecule has 0 saturated carbocycles. The molecule has 114 valence electrons. The molecule has 0 radical (unpaired) electrons. The molecule has 0 aliphatic carbocycles. The van der Waals surface area contributed by atoms with Gasteiger partial charge in [-0.25, -0.2) is 0 Å². The van der Waals surface area contributed by atoms with Crippen molar-refractivity contribution in [3.8, 4) is 5.75 Å². The first-order valence-electron chi connectivity index (χ1n) is 6.93. The van der Waals surface area contributed by atoms with Gasteiger partial charge >= 0.3 is 5.69 Å². The number of nitro benzene ring substituents is 1. The lowest BCUT2D eigenvalue weighted by Crippen LogP contribution is -2.36. The van der Waals surface area contributed by atoms with Crippen LogP contribution >= 0.6 is 0 Å². The van der Waals surface area contributed by atoms with Crippen molar-refractivity contribution in [1.29, 1.82) is 0 Å². The van der Waals surface area contributed by atoms with Gasteiger partial charge in [0.15, 0.2) is 0 Å². The molecule has 7 heteroatoms. The number of rotatable bonds is 5. The number of nitrogens with zero attached hydrogens (tertiary/aromatic N) is 1. The molecule has 0 bridgehead atoms. The highest BCUT2D eigenvalue weighted by atomic mass is 16.6. The van der Waals surface area contributed by atoms with Gasteiger partial charge in [0.25, 0.3) is 5.91 Å². The molecule has 1 aliphatic heterocycles. The molecule has 0 spiro atoms. The van der Waals surface area contributed by atoms with Crippen LogP contribution in [0.1, 0.15) is 23.2 Å². The van der Waals surface area contributed by atoms with Crippen molar-refractivity contribution in [2.24, 2.45) is 5.92 Å². The number of hydrogen-bond acceptors (Lipinski definition) is 5. The fourth-order valence-electron chi connectivity index (χ4n) is 2.48. The lowest BCUT2D eigenvalue weighted by Gasteiger charge is -2.22. The number of methoxy groups -OCH3 is 1. The minimum absolute atomic E-state index is 0.00492. The monoisotopic (exact) mass is 293 g/mol. The fraction of sp³-hybridized carbons (Fsp3) is 0.500. The van der Waals surface area contributed by atoms with Crippen molar-refractivity contribution in [3.63, 3.8) is 0 Å². The van der Waals surface area contributed by atoms with Gasteiger partial charge in [-0.1, -0.05) is 6.07 Å². The average molecular weight is 293 g/mol. The van der Waals surface area contributed by atoms with Gasteiger partial charge in [-0.2, -0.15) is 0 Å². The second kappa shape index (κ2) is 7.03. The van der Waals surface area contributed by atoms with E-state index in [1.807, 2.05) is 0 Å². The third kappa shape index (κ3) is 3.69. The number of carbonyl (C=O) groups is 1. The summed E-state index contributed by atoms with van der Waals surface area (Å²) >= 11 is 0. The summed E-state index contributed by atoms with van der Waals surface area (Å²) < 4.78 is 5.04. The highest BCUT2D eigenvalue weighted by Crippen LogP contribution is 2.30. The van der Waals surface area contributed by atoms with Crippen LogP contribution in [0.25, 0.3) is 0 Å². The van der Waals surface area contributed by atoms with E-state index in [0.717, 1.165) is 25.9 Å². The standard InChI is InChI=1S/C14H19N3O4/c1-21-13-11(3-2-4-12(13)17(19)20)14(18)16-9-10-5-7-15-8-6-10/h2-4,10,15H,5-9H2,1H3,(H,16,18). The van der Waals surface area contributed by atoms with E-state index >= 15 is 0 Å². The van der Waals surface area contributed by atoms with Crippen LogP contribution in [0, 0.1) is 16.0 Å². The van der Waals surface area contributed by atoms with E-state index in [2.05, 4.69) is 10.6 Å². The summed E-state index contributed by atoms with van der Waals surface area (Å²) in [4.78, 5) is 22.6. The Morgan fingerprint density at radius 3 is 2.81 bits per heavy atom. The number of carbonyl (C=O) groups excluding carboxylic acids is 1. The summed E-state index contributed by atoms with van der Waals surface area (Å²) in [6.45, 7) is 2.49. The predicted molar refractivity (Wildman–Crippen MR) is 77.6 cm³/mol. The number of nitro groups is 1. The van der Waals surface area contributed by atoms with Crippen LogP contribution in [-0.2, 0) is 0 Å². The SMILES string of the molecule is COc1c(C(=O)NCC2CCNCC2)cccc1[N+](=O)[O-]. The Bertz CT molecular complexity index is 527. The van der Waals surface area contributed by atoms with Crippen LogP contribution in [0.15, 0.2) is 18.2 Å². The minimum atomic E-state index is -0.553. The molecule has 1 amide bonds. The van der Waals surface area contributed by atoms with E-state index in [1.165, 1.54) is 25.3 Å². The molecule has 1 aliphatic rings. The Morgan fingerprint density at radius 1 is 1.48 bits per heavy atom. The quantitative estimate of drug-likeness (QED) is 0.631. The highest BCUT2D eigenvalue weighted by Gasteiger charge is 2.23. The topological polar surface area (TPSA) is 93.5 Å². The van der Waals surface area contributed by atoms with E-state index < -0.39 is 4.92 Å². The molecule has 2 rings (SSSR count). The number of piperidine rings is 1. The normalized spacial score (nSPS) is 15.5. The van der Waals surface area contributed by atoms with Crippen molar-refractivity contribution in [3.05, 3.63) is 33.9 Å². The maximum atomic E-state index is 12.2. The van der Waals surface area contributed by atoms with Crippen molar-refractivity contribution in [2.45, 2.75) is 12.8 Å². The first kappa shape index (κ1) is 15.2. The van der Waals surface area contributed by atoms with Gasteiger partial charge in [0.2, 0.25) is 5.75 Å². The molecule has 1 saturated heterocycles. The molecule has 1 heterocycles. The van der Waals surface area contributed by atoms with Gasteiger partial charge in [0.05, 0.1) is 17.6 Å². The zero-order valence-electron chi connectivity index (χ0n) is 11.9. The lowest BCUT2D eigenvalue weighted by molar-refractivity contribution is -0.385. The molecule has 0 unspecified atom stereocenters. The maximum Gasteiger partial charge on any atom is 0.311 e. The Kier molecular flexibility index (Phi) is 5.10. The van der Waals surface area contributed by atoms with Crippen LogP contribution in [-0.4, -0.2) is 37.6 Å². The molecule has 1 aromatic carbocycles. The van der Waals surface area contributed by atoms with E-state index in [4.69, 9.17) is 4.74 Å². The first-order chi connectivity index (χ1) is 10.1. The number of para-hydroxylation sites is 1. The lowest BCUT2D eigenvalue weighted by atomic mass is 9.98. The van der Waals surface area contributed by atoms with E-state index in [0.29, 0.717) is 12.5 Å². The molecule has 1 aromatic rings. The zero-order valence-corrected chi connectivity index (χ0v) is 11.9. The molecule has 21 heavy (non-hydrogen) atoms. The van der Waals surface area contributed by atoms with Crippen molar-refractivity contribution >= 4 is 11.6 Å². The van der Waals surface area contributed by atoms with Crippen LogP contribution in [0.4, 0.5) is 5.69 Å². The minimum Gasteiger partial charge on any atom is -0.490 e. The third-order valence-electron chi connectivity index (χ3n) is 3.65. The Hall–Kier alpha value is -2.15. The van der Waals surface area contributed by atoms with E-state index in [9.17, 15) is 14.9 Å². The molecule has 2 N–H and O–H groups in total. The summed E-state index contributed by atoms with van der Waals surface area (Å²) in [7, 11) is 1.33. The number of nitrogens with one attached hydrogen (secondary N) is 2. The Morgan fingerprint density at radius 2 is 2.19 bits per heavy atom. The molecule has 0 atom stereocenters. The second-order valence-electron chi connectivity index (χ2n) is 5.02.